The fourth-order valence-corrected chi connectivity index (χ4v) is 7.71. The maximum atomic E-state index is 14.5. The van der Waals surface area contributed by atoms with E-state index >= 15 is 0 Å². The zero-order valence-electron chi connectivity index (χ0n) is 29.2. The number of hydrogen-bond acceptors (Lipinski definition) is 11. The number of methoxy groups -OCH3 is 1. The summed E-state index contributed by atoms with van der Waals surface area (Å²) >= 11 is 1.15. The number of benzene rings is 3. The molecule has 0 saturated heterocycles. The summed E-state index contributed by atoms with van der Waals surface area (Å²) < 4.78 is 46.3. The average molecular weight is 742 g/mol. The SMILES string of the molecule is CCOC(=O)C1=C(C)N=c2sc(=Cc3cn(-c4ccccc4)nc3-c3ccc(S(=O)(=O)N(C)C)cc3)c(=O)n2C1c1ccc(OC(C)=O)c(OC)c1. The van der Waals surface area contributed by atoms with E-state index < -0.39 is 33.6 Å². The smallest absolute Gasteiger partial charge is 0.338 e. The Morgan fingerprint density at radius 2 is 1.73 bits per heavy atom. The Bertz CT molecular complexity index is 2520. The van der Waals surface area contributed by atoms with Crippen LogP contribution in [0.15, 0.2) is 105 Å². The molecule has 52 heavy (non-hydrogen) atoms. The van der Waals surface area contributed by atoms with E-state index in [1.807, 2.05) is 30.3 Å². The number of ether oxygens (including phenoxy) is 3. The van der Waals surface area contributed by atoms with Gasteiger partial charge in [0, 0.05) is 38.3 Å². The monoisotopic (exact) mass is 741 g/mol. The minimum atomic E-state index is -3.66. The maximum Gasteiger partial charge on any atom is 0.338 e. The summed E-state index contributed by atoms with van der Waals surface area (Å²) in [4.78, 5) is 44.8. The number of esters is 2. The van der Waals surface area contributed by atoms with Gasteiger partial charge in [0.2, 0.25) is 10.0 Å². The van der Waals surface area contributed by atoms with Crippen LogP contribution in [0.3, 0.4) is 0 Å². The van der Waals surface area contributed by atoms with E-state index in [-0.39, 0.29) is 28.6 Å². The van der Waals surface area contributed by atoms with Crippen molar-refractivity contribution in [1.29, 1.82) is 0 Å². The molecule has 0 aliphatic carbocycles. The summed E-state index contributed by atoms with van der Waals surface area (Å²) in [5.74, 6) is -0.751. The van der Waals surface area contributed by atoms with E-state index in [9.17, 15) is 22.8 Å². The zero-order chi connectivity index (χ0) is 37.3. The molecule has 0 spiro atoms. The second-order valence-corrected chi connectivity index (χ2v) is 15.0. The molecular weight excluding hydrogens is 707 g/mol. The Hall–Kier alpha value is -5.64. The van der Waals surface area contributed by atoms with Gasteiger partial charge in [0.05, 0.1) is 51.8 Å². The molecule has 0 radical (unpaired) electrons. The van der Waals surface area contributed by atoms with Crippen molar-refractivity contribution in [3.05, 3.63) is 121 Å². The fraction of sp³-hybridized carbons (Fsp3) is 0.216. The molecular formula is C37H35N5O8S2. The number of allylic oxidation sites excluding steroid dienone is 1. The Balaban J connectivity index is 1.54. The molecule has 1 aliphatic heterocycles. The van der Waals surface area contributed by atoms with Crippen LogP contribution in [0, 0.1) is 0 Å². The van der Waals surface area contributed by atoms with Crippen molar-refractivity contribution in [3.8, 4) is 28.4 Å². The van der Waals surface area contributed by atoms with Gasteiger partial charge < -0.3 is 14.2 Å². The molecule has 13 nitrogen and oxygen atoms in total. The Morgan fingerprint density at radius 1 is 1.02 bits per heavy atom. The number of aromatic nitrogens is 3. The summed E-state index contributed by atoms with van der Waals surface area (Å²) in [6.07, 6.45) is 3.50. The molecule has 3 aromatic carbocycles. The predicted octanol–water partition coefficient (Wildman–Crippen LogP) is 3.84. The van der Waals surface area contributed by atoms with Gasteiger partial charge in [-0.25, -0.2) is 27.2 Å². The summed E-state index contributed by atoms with van der Waals surface area (Å²) in [6, 6.07) is 19.7. The number of sulfonamides is 1. The third-order valence-electron chi connectivity index (χ3n) is 8.23. The number of fused-ring (bicyclic) bond motifs is 1. The summed E-state index contributed by atoms with van der Waals surface area (Å²) in [7, 11) is 0.699. The van der Waals surface area contributed by atoms with Crippen LogP contribution in [0.1, 0.15) is 37.9 Å². The molecule has 268 valence electrons. The predicted molar refractivity (Wildman–Crippen MR) is 195 cm³/mol. The Morgan fingerprint density at radius 3 is 2.37 bits per heavy atom. The molecule has 15 heteroatoms. The van der Waals surface area contributed by atoms with Gasteiger partial charge in [-0.3, -0.25) is 14.2 Å². The van der Waals surface area contributed by atoms with E-state index in [4.69, 9.17) is 19.3 Å². The number of thiazole rings is 1. The van der Waals surface area contributed by atoms with Crippen molar-refractivity contribution < 1.29 is 32.2 Å². The summed E-state index contributed by atoms with van der Waals surface area (Å²) in [6.45, 7) is 4.76. The highest BCUT2D eigenvalue weighted by atomic mass is 32.2. The van der Waals surface area contributed by atoms with E-state index in [2.05, 4.69) is 4.99 Å². The van der Waals surface area contributed by atoms with Gasteiger partial charge >= 0.3 is 11.9 Å². The van der Waals surface area contributed by atoms with Crippen LogP contribution < -0.4 is 24.4 Å². The Labute approximate surface area is 303 Å². The number of para-hydroxylation sites is 1. The summed E-state index contributed by atoms with van der Waals surface area (Å²) in [5, 5.41) is 4.84. The van der Waals surface area contributed by atoms with Crippen LogP contribution in [0.25, 0.3) is 23.0 Å². The zero-order valence-corrected chi connectivity index (χ0v) is 30.8. The standard InChI is InChI=1S/C37H35N5O8S2/c1-7-49-36(45)32-22(2)38-37-42(34(32)25-15-18-29(50-23(3)43)30(19-25)48-6)35(44)31(51-37)20-26-21-41(27-11-9-8-10-12-27)39-33(26)24-13-16-28(17-14-24)52(46,47)40(4)5/h8-21,34H,7H2,1-6H3. The van der Waals surface area contributed by atoms with Gasteiger partial charge in [-0.05, 0) is 61.9 Å². The first-order valence-corrected chi connectivity index (χ1v) is 18.3. The van der Waals surface area contributed by atoms with Crippen molar-refractivity contribution in [2.45, 2.75) is 31.7 Å². The molecule has 0 bridgehead atoms. The van der Waals surface area contributed by atoms with Crippen molar-refractivity contribution in [3.63, 3.8) is 0 Å². The normalized spacial score (nSPS) is 14.6. The molecule has 0 amide bonds. The number of rotatable bonds is 10. The van der Waals surface area contributed by atoms with Crippen LogP contribution in [0.2, 0.25) is 0 Å². The first kappa shape index (κ1) is 36.2. The van der Waals surface area contributed by atoms with Crippen LogP contribution in [-0.2, 0) is 24.3 Å². The van der Waals surface area contributed by atoms with Gasteiger partial charge in [0.1, 0.15) is 0 Å². The molecule has 1 aliphatic rings. The lowest BCUT2D eigenvalue weighted by atomic mass is 9.95. The summed E-state index contributed by atoms with van der Waals surface area (Å²) in [5.41, 5.74) is 3.14. The molecule has 1 atom stereocenters. The second-order valence-electron chi connectivity index (χ2n) is 11.8. The van der Waals surface area contributed by atoms with Gasteiger partial charge in [-0.2, -0.15) is 5.10 Å². The lowest BCUT2D eigenvalue weighted by molar-refractivity contribution is -0.139. The molecule has 3 heterocycles. The lowest BCUT2D eigenvalue weighted by Crippen LogP contribution is -2.40. The van der Waals surface area contributed by atoms with Gasteiger partial charge in [0.25, 0.3) is 5.56 Å². The van der Waals surface area contributed by atoms with E-state index in [0.29, 0.717) is 37.4 Å². The van der Waals surface area contributed by atoms with Crippen LogP contribution in [-0.4, -0.2) is 66.8 Å². The van der Waals surface area contributed by atoms with E-state index in [1.165, 1.54) is 44.8 Å². The molecule has 0 saturated carbocycles. The molecule has 1 unspecified atom stereocenters. The van der Waals surface area contributed by atoms with Crippen LogP contribution in [0.5, 0.6) is 11.5 Å². The fourth-order valence-electron chi connectivity index (χ4n) is 5.77. The highest BCUT2D eigenvalue weighted by molar-refractivity contribution is 7.89. The maximum absolute atomic E-state index is 14.5. The molecule has 2 aromatic heterocycles. The molecule has 6 rings (SSSR count). The van der Waals surface area contributed by atoms with Crippen LogP contribution >= 0.6 is 11.3 Å². The average Bonchev–Trinajstić information content (AvgIpc) is 3.68. The number of hydrogen-bond donors (Lipinski definition) is 0. The molecule has 0 N–H and O–H groups in total. The lowest BCUT2D eigenvalue weighted by Gasteiger charge is -2.25. The molecule has 5 aromatic rings. The minimum Gasteiger partial charge on any atom is -0.493 e. The number of carbonyl (C=O) groups excluding carboxylic acids is 2. The largest absolute Gasteiger partial charge is 0.493 e. The minimum absolute atomic E-state index is 0.109. The highest BCUT2D eigenvalue weighted by Crippen LogP contribution is 2.36. The van der Waals surface area contributed by atoms with Crippen molar-refractivity contribution in [2.24, 2.45) is 4.99 Å². The number of carbonyl (C=O) groups is 2. The topological polar surface area (TPSA) is 151 Å². The third-order valence-corrected chi connectivity index (χ3v) is 11.0. The van der Waals surface area contributed by atoms with Crippen molar-refractivity contribution in [2.75, 3.05) is 27.8 Å². The number of nitrogens with zero attached hydrogens (tertiary/aromatic N) is 5. The van der Waals surface area contributed by atoms with Gasteiger partial charge in [0.15, 0.2) is 16.3 Å². The van der Waals surface area contributed by atoms with Crippen molar-refractivity contribution in [1.82, 2.24) is 18.7 Å². The van der Waals surface area contributed by atoms with E-state index in [0.717, 1.165) is 21.3 Å². The van der Waals surface area contributed by atoms with Gasteiger partial charge in [-0.15, -0.1) is 0 Å². The molecule has 0 fully saturated rings. The van der Waals surface area contributed by atoms with Crippen LogP contribution in [0.4, 0.5) is 0 Å². The van der Waals surface area contributed by atoms with E-state index in [1.54, 1.807) is 61.1 Å². The first-order chi connectivity index (χ1) is 24.8. The quantitative estimate of drug-likeness (QED) is 0.154. The van der Waals surface area contributed by atoms with Gasteiger partial charge in [-0.1, -0.05) is 47.7 Å². The first-order valence-electron chi connectivity index (χ1n) is 16.1. The highest BCUT2D eigenvalue weighted by Gasteiger charge is 2.34. The third kappa shape index (κ3) is 6.85. The Kier molecular flexibility index (Phi) is 10.1. The second kappa shape index (κ2) is 14.5. The van der Waals surface area contributed by atoms with Crippen molar-refractivity contribution >= 4 is 39.4 Å².